The van der Waals surface area contributed by atoms with Crippen LogP contribution in [0.1, 0.15) is 44.9 Å². The Morgan fingerprint density at radius 1 is 1.11 bits per heavy atom. The highest BCUT2D eigenvalue weighted by Gasteiger charge is 2.44. The van der Waals surface area contributed by atoms with Crippen molar-refractivity contribution in [2.75, 3.05) is 26.2 Å². The van der Waals surface area contributed by atoms with Crippen LogP contribution in [0.15, 0.2) is 0 Å². The lowest BCUT2D eigenvalue weighted by Gasteiger charge is -2.39. The van der Waals surface area contributed by atoms with Crippen molar-refractivity contribution >= 4 is 0 Å². The molecule has 2 saturated carbocycles. The molecule has 3 aliphatic rings. The molecule has 0 aromatic heterocycles. The largest absolute Gasteiger partial charge is 0.393 e. The maximum atomic E-state index is 9.99. The summed E-state index contributed by atoms with van der Waals surface area (Å²) in [5, 5.41) is 9.99. The van der Waals surface area contributed by atoms with Crippen LogP contribution >= 0.6 is 0 Å². The zero-order valence-corrected chi connectivity index (χ0v) is 11.5. The molecule has 2 aliphatic carbocycles. The quantitative estimate of drug-likeness (QED) is 0.802. The minimum Gasteiger partial charge on any atom is -0.393 e. The lowest BCUT2D eigenvalue weighted by atomic mass is 9.73. The smallest absolute Gasteiger partial charge is 0.0583 e. The number of hydrogen-bond acceptors (Lipinski definition) is 3. The number of fused-ring (bicyclic) bond motifs is 1. The van der Waals surface area contributed by atoms with E-state index in [0.29, 0.717) is 11.3 Å². The number of rotatable bonds is 3. The maximum Gasteiger partial charge on any atom is 0.0583 e. The highest BCUT2D eigenvalue weighted by molar-refractivity contribution is 4.96. The Morgan fingerprint density at radius 2 is 1.89 bits per heavy atom. The summed E-state index contributed by atoms with van der Waals surface area (Å²) in [5.41, 5.74) is 6.47. The SMILES string of the molecule is NCC1(CN2CC3CCC(O)C3C2)CCCCC1. The normalized spacial score (nSPS) is 40.0. The van der Waals surface area contributed by atoms with Crippen molar-refractivity contribution in [3.05, 3.63) is 0 Å². The third-order valence-electron chi connectivity index (χ3n) is 5.80. The van der Waals surface area contributed by atoms with Crippen LogP contribution in [0.25, 0.3) is 0 Å². The standard InChI is InChI=1S/C15H28N2O/c16-10-15(6-2-1-3-7-15)11-17-8-12-4-5-14(18)13(12)9-17/h12-14,18H,1-11,16H2. The molecule has 0 spiro atoms. The van der Waals surface area contributed by atoms with Crippen molar-refractivity contribution in [1.29, 1.82) is 0 Å². The number of nitrogens with zero attached hydrogens (tertiary/aromatic N) is 1. The van der Waals surface area contributed by atoms with Gasteiger partial charge in [0.25, 0.3) is 0 Å². The topological polar surface area (TPSA) is 49.5 Å². The van der Waals surface area contributed by atoms with Gasteiger partial charge >= 0.3 is 0 Å². The van der Waals surface area contributed by atoms with E-state index >= 15 is 0 Å². The van der Waals surface area contributed by atoms with E-state index in [1.54, 1.807) is 0 Å². The van der Waals surface area contributed by atoms with Crippen LogP contribution in [0, 0.1) is 17.3 Å². The Balaban J connectivity index is 1.60. The van der Waals surface area contributed by atoms with E-state index in [2.05, 4.69) is 4.90 Å². The average Bonchev–Trinajstić information content (AvgIpc) is 2.93. The van der Waals surface area contributed by atoms with Gasteiger partial charge in [-0.3, -0.25) is 0 Å². The van der Waals surface area contributed by atoms with Crippen molar-refractivity contribution in [1.82, 2.24) is 4.90 Å². The molecular weight excluding hydrogens is 224 g/mol. The van der Waals surface area contributed by atoms with E-state index in [4.69, 9.17) is 5.73 Å². The summed E-state index contributed by atoms with van der Waals surface area (Å²) in [4.78, 5) is 2.61. The zero-order chi connectivity index (χ0) is 12.6. The Hall–Kier alpha value is -0.120. The van der Waals surface area contributed by atoms with Crippen molar-refractivity contribution in [3.8, 4) is 0 Å². The summed E-state index contributed by atoms with van der Waals surface area (Å²) < 4.78 is 0. The summed E-state index contributed by atoms with van der Waals surface area (Å²) in [6.07, 6.45) is 8.99. The number of hydrogen-bond donors (Lipinski definition) is 2. The second-order valence-corrected chi connectivity index (χ2v) is 7.03. The van der Waals surface area contributed by atoms with Crippen LogP contribution in [0.4, 0.5) is 0 Å². The van der Waals surface area contributed by atoms with Gasteiger partial charge < -0.3 is 15.7 Å². The van der Waals surface area contributed by atoms with Crippen LogP contribution < -0.4 is 5.73 Å². The molecule has 0 bridgehead atoms. The molecule has 3 unspecified atom stereocenters. The molecule has 1 aliphatic heterocycles. The molecule has 3 rings (SSSR count). The summed E-state index contributed by atoms with van der Waals surface area (Å²) >= 11 is 0. The van der Waals surface area contributed by atoms with Gasteiger partial charge in [-0.1, -0.05) is 19.3 Å². The van der Waals surface area contributed by atoms with Crippen LogP contribution in [0.2, 0.25) is 0 Å². The van der Waals surface area contributed by atoms with E-state index in [1.165, 1.54) is 51.6 Å². The third kappa shape index (κ3) is 2.33. The molecule has 1 heterocycles. The molecule has 0 radical (unpaired) electrons. The Bertz CT molecular complexity index is 288. The van der Waals surface area contributed by atoms with Crippen LogP contribution in [0.5, 0.6) is 0 Å². The fourth-order valence-corrected chi connectivity index (χ4v) is 4.66. The zero-order valence-electron chi connectivity index (χ0n) is 11.5. The van der Waals surface area contributed by atoms with E-state index in [1.807, 2.05) is 0 Å². The van der Waals surface area contributed by atoms with Gasteiger partial charge in [-0.2, -0.15) is 0 Å². The predicted octanol–water partition coefficient (Wildman–Crippen LogP) is 1.60. The van der Waals surface area contributed by atoms with Gasteiger partial charge in [-0.25, -0.2) is 0 Å². The molecule has 3 heteroatoms. The first-order valence-electron chi connectivity index (χ1n) is 7.83. The second kappa shape index (κ2) is 5.10. The number of nitrogens with two attached hydrogens (primary N) is 1. The summed E-state index contributed by atoms with van der Waals surface area (Å²) in [6, 6.07) is 0. The van der Waals surface area contributed by atoms with Crippen molar-refractivity contribution in [2.45, 2.75) is 51.0 Å². The van der Waals surface area contributed by atoms with Gasteiger partial charge in [-0.05, 0) is 43.6 Å². The van der Waals surface area contributed by atoms with Crippen LogP contribution in [0.3, 0.4) is 0 Å². The van der Waals surface area contributed by atoms with E-state index in [9.17, 15) is 5.11 Å². The van der Waals surface area contributed by atoms with Crippen LogP contribution in [-0.2, 0) is 0 Å². The molecular formula is C15H28N2O. The Morgan fingerprint density at radius 3 is 2.56 bits per heavy atom. The molecule has 104 valence electrons. The highest BCUT2D eigenvalue weighted by atomic mass is 16.3. The monoisotopic (exact) mass is 252 g/mol. The fourth-order valence-electron chi connectivity index (χ4n) is 4.66. The van der Waals surface area contributed by atoms with Crippen molar-refractivity contribution in [2.24, 2.45) is 23.0 Å². The molecule has 3 fully saturated rings. The van der Waals surface area contributed by atoms with Crippen molar-refractivity contribution < 1.29 is 5.11 Å². The van der Waals surface area contributed by atoms with E-state index in [0.717, 1.165) is 25.4 Å². The first-order valence-corrected chi connectivity index (χ1v) is 7.83. The average molecular weight is 252 g/mol. The minimum atomic E-state index is -0.0276. The molecule has 0 amide bonds. The lowest BCUT2D eigenvalue weighted by Crippen LogP contribution is -2.43. The Kier molecular flexibility index (Phi) is 3.65. The summed E-state index contributed by atoms with van der Waals surface area (Å²) in [6.45, 7) is 4.36. The molecule has 1 saturated heterocycles. The van der Waals surface area contributed by atoms with Gasteiger partial charge in [0, 0.05) is 25.6 Å². The second-order valence-electron chi connectivity index (χ2n) is 7.03. The summed E-state index contributed by atoms with van der Waals surface area (Å²) in [7, 11) is 0. The van der Waals surface area contributed by atoms with Gasteiger partial charge in [0.15, 0.2) is 0 Å². The maximum absolute atomic E-state index is 9.99. The molecule has 0 aromatic rings. The lowest BCUT2D eigenvalue weighted by molar-refractivity contribution is 0.0989. The van der Waals surface area contributed by atoms with E-state index in [-0.39, 0.29) is 6.10 Å². The van der Waals surface area contributed by atoms with Crippen molar-refractivity contribution in [3.63, 3.8) is 0 Å². The fraction of sp³-hybridized carbons (Fsp3) is 1.00. The molecule has 18 heavy (non-hydrogen) atoms. The van der Waals surface area contributed by atoms with Gasteiger partial charge in [0.1, 0.15) is 0 Å². The minimum absolute atomic E-state index is 0.0276. The number of aliphatic hydroxyl groups excluding tert-OH is 1. The van der Waals surface area contributed by atoms with E-state index < -0.39 is 0 Å². The van der Waals surface area contributed by atoms with Crippen LogP contribution in [-0.4, -0.2) is 42.3 Å². The van der Waals surface area contributed by atoms with Gasteiger partial charge in [0.05, 0.1) is 6.10 Å². The highest BCUT2D eigenvalue weighted by Crippen LogP contribution is 2.41. The summed E-state index contributed by atoms with van der Waals surface area (Å²) in [5.74, 6) is 1.32. The molecule has 3 nitrogen and oxygen atoms in total. The number of likely N-dealkylation sites (tertiary alicyclic amines) is 1. The molecule has 3 atom stereocenters. The third-order valence-corrected chi connectivity index (χ3v) is 5.80. The predicted molar refractivity (Wildman–Crippen MR) is 73.2 cm³/mol. The van der Waals surface area contributed by atoms with Gasteiger partial charge in [-0.15, -0.1) is 0 Å². The first kappa shape index (κ1) is 12.9. The first-order chi connectivity index (χ1) is 8.72. The molecule has 3 N–H and O–H groups in total. The molecule has 0 aromatic carbocycles. The van der Waals surface area contributed by atoms with Gasteiger partial charge in [0.2, 0.25) is 0 Å². The number of aliphatic hydroxyl groups is 1. The Labute approximate surface area is 111 Å².